The predicted molar refractivity (Wildman–Crippen MR) is 53.9 cm³/mol. The molecule has 0 radical (unpaired) electrons. The summed E-state index contributed by atoms with van der Waals surface area (Å²) in [6, 6.07) is -0.0632. The Kier molecular flexibility index (Phi) is 2.68. The summed E-state index contributed by atoms with van der Waals surface area (Å²) < 4.78 is 1.84. The van der Waals surface area contributed by atoms with Crippen molar-refractivity contribution in [2.24, 2.45) is 7.05 Å². The summed E-state index contributed by atoms with van der Waals surface area (Å²) in [4.78, 5) is 13.3. The number of hydrogen-bond donors (Lipinski definition) is 1. The van der Waals surface area contributed by atoms with Crippen molar-refractivity contribution in [1.82, 2.24) is 25.0 Å². The van der Waals surface area contributed by atoms with Crippen LogP contribution in [0, 0.1) is 0 Å². The molecule has 1 amide bonds. The van der Waals surface area contributed by atoms with Crippen LogP contribution in [0.15, 0.2) is 6.33 Å². The SMILES string of the molecule is CN1CCC(NCc2nncn2C)C1=O. The van der Waals surface area contributed by atoms with Crippen molar-refractivity contribution in [3.8, 4) is 0 Å². The summed E-state index contributed by atoms with van der Waals surface area (Å²) in [5.74, 6) is 1.01. The van der Waals surface area contributed by atoms with Gasteiger partial charge >= 0.3 is 0 Å². The van der Waals surface area contributed by atoms with Crippen LogP contribution in [0.2, 0.25) is 0 Å². The molecule has 2 heterocycles. The number of aromatic nitrogens is 3. The zero-order chi connectivity index (χ0) is 10.8. The molecule has 6 nitrogen and oxygen atoms in total. The Morgan fingerprint density at radius 1 is 1.60 bits per heavy atom. The quantitative estimate of drug-likeness (QED) is 0.703. The van der Waals surface area contributed by atoms with Crippen LogP contribution in [0.1, 0.15) is 12.2 Å². The predicted octanol–water partition coefficient (Wildman–Crippen LogP) is -0.865. The summed E-state index contributed by atoms with van der Waals surface area (Å²) in [5, 5.41) is 10.9. The Balaban J connectivity index is 1.89. The number of carbonyl (C=O) groups excluding carboxylic acids is 1. The Morgan fingerprint density at radius 3 is 2.93 bits per heavy atom. The molecule has 0 spiro atoms. The maximum absolute atomic E-state index is 11.6. The van der Waals surface area contributed by atoms with Gasteiger partial charge in [-0.25, -0.2) is 0 Å². The molecule has 0 aromatic carbocycles. The van der Waals surface area contributed by atoms with Gasteiger partial charge in [0.2, 0.25) is 5.91 Å². The van der Waals surface area contributed by atoms with Crippen molar-refractivity contribution >= 4 is 5.91 Å². The highest BCUT2D eigenvalue weighted by molar-refractivity contribution is 5.83. The van der Waals surface area contributed by atoms with Gasteiger partial charge in [-0.15, -0.1) is 10.2 Å². The van der Waals surface area contributed by atoms with Crippen LogP contribution in [0.5, 0.6) is 0 Å². The van der Waals surface area contributed by atoms with Crippen molar-refractivity contribution < 1.29 is 4.79 Å². The average molecular weight is 209 g/mol. The number of hydrogen-bond acceptors (Lipinski definition) is 4. The number of aryl methyl sites for hydroxylation is 1. The van der Waals surface area contributed by atoms with Crippen LogP contribution in [0.4, 0.5) is 0 Å². The van der Waals surface area contributed by atoms with E-state index in [1.165, 1.54) is 0 Å². The molecule has 1 saturated heterocycles. The molecule has 1 fully saturated rings. The lowest BCUT2D eigenvalue weighted by atomic mass is 10.2. The molecule has 1 aliphatic heterocycles. The molecule has 1 aliphatic rings. The van der Waals surface area contributed by atoms with Crippen molar-refractivity contribution in [3.63, 3.8) is 0 Å². The van der Waals surface area contributed by atoms with Gasteiger partial charge in [-0.1, -0.05) is 0 Å². The van der Waals surface area contributed by atoms with Crippen LogP contribution in [0.3, 0.4) is 0 Å². The molecule has 1 N–H and O–H groups in total. The first-order valence-electron chi connectivity index (χ1n) is 4.99. The van der Waals surface area contributed by atoms with Gasteiger partial charge in [0.05, 0.1) is 12.6 Å². The summed E-state index contributed by atoms with van der Waals surface area (Å²) in [6.45, 7) is 1.41. The van der Waals surface area contributed by atoms with Gasteiger partial charge in [0.25, 0.3) is 0 Å². The molecular weight excluding hydrogens is 194 g/mol. The molecule has 1 aromatic rings. The normalized spacial score (nSPS) is 21.3. The number of amides is 1. The number of likely N-dealkylation sites (N-methyl/N-ethyl adjacent to an activating group) is 1. The fraction of sp³-hybridized carbons (Fsp3) is 0.667. The van der Waals surface area contributed by atoms with Gasteiger partial charge in [-0.3, -0.25) is 10.1 Å². The van der Waals surface area contributed by atoms with E-state index < -0.39 is 0 Å². The van der Waals surface area contributed by atoms with E-state index in [-0.39, 0.29) is 11.9 Å². The third kappa shape index (κ3) is 1.99. The van der Waals surface area contributed by atoms with E-state index in [9.17, 15) is 4.79 Å². The van der Waals surface area contributed by atoms with Crippen molar-refractivity contribution in [2.45, 2.75) is 19.0 Å². The van der Waals surface area contributed by atoms with E-state index in [0.29, 0.717) is 6.54 Å². The van der Waals surface area contributed by atoms with Crippen molar-refractivity contribution in [3.05, 3.63) is 12.2 Å². The lowest BCUT2D eigenvalue weighted by Gasteiger charge is -2.11. The maximum atomic E-state index is 11.6. The largest absolute Gasteiger partial charge is 0.344 e. The number of rotatable bonds is 3. The van der Waals surface area contributed by atoms with Crippen LogP contribution >= 0.6 is 0 Å². The first-order valence-corrected chi connectivity index (χ1v) is 4.99. The zero-order valence-corrected chi connectivity index (χ0v) is 8.97. The smallest absolute Gasteiger partial charge is 0.239 e. The highest BCUT2D eigenvalue weighted by Gasteiger charge is 2.28. The van der Waals surface area contributed by atoms with Crippen LogP contribution in [-0.4, -0.2) is 45.2 Å². The number of nitrogens with one attached hydrogen (secondary N) is 1. The standard InChI is InChI=1S/C9H15N5O/c1-13-4-3-7(9(13)15)10-5-8-12-11-6-14(8)2/h6-7,10H,3-5H2,1-2H3. The third-order valence-electron chi connectivity index (χ3n) is 2.74. The highest BCUT2D eigenvalue weighted by Crippen LogP contribution is 2.08. The first kappa shape index (κ1) is 10.1. The van der Waals surface area contributed by atoms with E-state index in [1.807, 2.05) is 18.7 Å². The Bertz CT molecular complexity index is 361. The van der Waals surface area contributed by atoms with Crippen LogP contribution < -0.4 is 5.32 Å². The summed E-state index contributed by atoms with van der Waals surface area (Å²) in [5.41, 5.74) is 0. The topological polar surface area (TPSA) is 63.0 Å². The van der Waals surface area contributed by atoms with E-state index in [0.717, 1.165) is 18.8 Å². The van der Waals surface area contributed by atoms with Crippen LogP contribution in [-0.2, 0) is 18.4 Å². The Hall–Kier alpha value is -1.43. The van der Waals surface area contributed by atoms with Gasteiger partial charge in [0, 0.05) is 20.6 Å². The highest BCUT2D eigenvalue weighted by atomic mass is 16.2. The van der Waals surface area contributed by atoms with E-state index in [1.54, 1.807) is 11.2 Å². The first-order chi connectivity index (χ1) is 7.18. The molecule has 1 atom stereocenters. The monoisotopic (exact) mass is 209 g/mol. The second-order valence-electron chi connectivity index (χ2n) is 3.84. The minimum Gasteiger partial charge on any atom is -0.344 e. The van der Waals surface area contributed by atoms with Gasteiger partial charge in [-0.05, 0) is 6.42 Å². The minimum absolute atomic E-state index is 0.0632. The second-order valence-corrected chi connectivity index (χ2v) is 3.84. The summed E-state index contributed by atoms with van der Waals surface area (Å²) in [7, 11) is 3.71. The molecule has 1 aromatic heterocycles. The summed E-state index contributed by atoms with van der Waals surface area (Å²) in [6.07, 6.45) is 2.52. The molecule has 15 heavy (non-hydrogen) atoms. The molecule has 1 unspecified atom stereocenters. The molecule has 6 heteroatoms. The molecule has 0 saturated carbocycles. The maximum Gasteiger partial charge on any atom is 0.239 e. The number of likely N-dealkylation sites (tertiary alicyclic amines) is 1. The molecular formula is C9H15N5O. The molecule has 0 aliphatic carbocycles. The fourth-order valence-corrected chi connectivity index (χ4v) is 1.69. The average Bonchev–Trinajstić information content (AvgIpc) is 2.74. The van der Waals surface area contributed by atoms with Gasteiger partial charge in [0.15, 0.2) is 0 Å². The molecule has 82 valence electrons. The minimum atomic E-state index is -0.0632. The Labute approximate surface area is 88.3 Å². The lowest BCUT2D eigenvalue weighted by Crippen LogP contribution is -2.36. The van der Waals surface area contributed by atoms with Gasteiger partial charge in [0.1, 0.15) is 12.2 Å². The molecule has 0 bridgehead atoms. The Morgan fingerprint density at radius 2 is 2.40 bits per heavy atom. The zero-order valence-electron chi connectivity index (χ0n) is 8.97. The second kappa shape index (κ2) is 3.98. The van der Waals surface area contributed by atoms with Crippen molar-refractivity contribution in [2.75, 3.05) is 13.6 Å². The number of nitrogens with zero attached hydrogens (tertiary/aromatic N) is 4. The van der Waals surface area contributed by atoms with Crippen molar-refractivity contribution in [1.29, 1.82) is 0 Å². The number of carbonyl (C=O) groups is 1. The van der Waals surface area contributed by atoms with E-state index >= 15 is 0 Å². The lowest BCUT2D eigenvalue weighted by molar-refractivity contribution is -0.128. The van der Waals surface area contributed by atoms with E-state index in [2.05, 4.69) is 15.5 Å². The van der Waals surface area contributed by atoms with Crippen LogP contribution in [0.25, 0.3) is 0 Å². The fourth-order valence-electron chi connectivity index (χ4n) is 1.69. The summed E-state index contributed by atoms with van der Waals surface area (Å²) >= 11 is 0. The van der Waals surface area contributed by atoms with Gasteiger partial charge in [-0.2, -0.15) is 0 Å². The van der Waals surface area contributed by atoms with E-state index in [4.69, 9.17) is 0 Å². The third-order valence-corrected chi connectivity index (χ3v) is 2.74. The van der Waals surface area contributed by atoms with Gasteiger partial charge < -0.3 is 9.47 Å². The molecule has 2 rings (SSSR count).